The van der Waals surface area contributed by atoms with Crippen LogP contribution in [0.15, 0.2) is 18.2 Å². The van der Waals surface area contributed by atoms with Crippen LogP contribution in [0.3, 0.4) is 0 Å². The van der Waals surface area contributed by atoms with Gasteiger partial charge in [0.25, 0.3) is 0 Å². The van der Waals surface area contributed by atoms with Crippen molar-refractivity contribution in [3.63, 3.8) is 0 Å². The molecule has 0 aliphatic carbocycles. The second-order valence-corrected chi connectivity index (χ2v) is 6.38. The van der Waals surface area contributed by atoms with Gasteiger partial charge in [0.05, 0.1) is 11.5 Å². The van der Waals surface area contributed by atoms with Gasteiger partial charge in [-0.05, 0) is 18.6 Å². The largest absolute Gasteiger partial charge is 0.481 e. The lowest BCUT2D eigenvalue weighted by Gasteiger charge is -2.06. The van der Waals surface area contributed by atoms with Gasteiger partial charge in [-0.25, -0.2) is 12.8 Å². The number of aliphatic carboxylic acids is 1. The number of halogens is 2. The second kappa shape index (κ2) is 6.15. The Labute approximate surface area is 109 Å². The van der Waals surface area contributed by atoms with E-state index in [1.165, 1.54) is 12.1 Å². The molecule has 0 radical (unpaired) electrons. The van der Waals surface area contributed by atoms with Gasteiger partial charge in [-0.15, -0.1) is 0 Å². The van der Waals surface area contributed by atoms with E-state index < -0.39 is 27.4 Å². The van der Waals surface area contributed by atoms with Crippen molar-refractivity contribution in [3.05, 3.63) is 34.6 Å². The molecule has 0 fully saturated rings. The summed E-state index contributed by atoms with van der Waals surface area (Å²) in [7, 11) is -3.56. The Morgan fingerprint density at radius 2 is 2.06 bits per heavy atom. The smallest absolute Gasteiger partial charge is 0.303 e. The molecule has 0 aromatic heterocycles. The van der Waals surface area contributed by atoms with Crippen LogP contribution in [0.25, 0.3) is 0 Å². The number of carboxylic acid groups (broad SMARTS) is 1. The molecule has 0 saturated carbocycles. The summed E-state index contributed by atoms with van der Waals surface area (Å²) in [6, 6.07) is 3.93. The van der Waals surface area contributed by atoms with Gasteiger partial charge >= 0.3 is 5.97 Å². The zero-order valence-electron chi connectivity index (χ0n) is 9.40. The average molecular weight is 295 g/mol. The fourth-order valence-electron chi connectivity index (χ4n) is 1.41. The number of benzene rings is 1. The third-order valence-electron chi connectivity index (χ3n) is 2.27. The van der Waals surface area contributed by atoms with Gasteiger partial charge in [0, 0.05) is 17.0 Å². The summed E-state index contributed by atoms with van der Waals surface area (Å²) in [6.45, 7) is 0. The first-order chi connectivity index (χ1) is 8.32. The van der Waals surface area contributed by atoms with Crippen molar-refractivity contribution in [2.75, 3.05) is 5.75 Å². The van der Waals surface area contributed by atoms with E-state index in [0.29, 0.717) is 0 Å². The molecule has 0 saturated heterocycles. The maximum absolute atomic E-state index is 13.4. The topological polar surface area (TPSA) is 71.4 Å². The minimum absolute atomic E-state index is 0.00371. The molecule has 1 aromatic carbocycles. The minimum atomic E-state index is -3.56. The molecule has 1 N–H and O–H groups in total. The van der Waals surface area contributed by atoms with E-state index >= 15 is 0 Å². The maximum atomic E-state index is 13.4. The van der Waals surface area contributed by atoms with Gasteiger partial charge in [0.15, 0.2) is 9.84 Å². The molecule has 0 aliphatic rings. The van der Waals surface area contributed by atoms with Crippen LogP contribution in [0.5, 0.6) is 0 Å². The van der Waals surface area contributed by atoms with Crippen molar-refractivity contribution >= 4 is 27.4 Å². The molecule has 4 nitrogen and oxygen atoms in total. The predicted molar refractivity (Wildman–Crippen MR) is 65.8 cm³/mol. The molecule has 1 rings (SSSR count). The Bertz CT molecular complexity index is 522. The van der Waals surface area contributed by atoms with Gasteiger partial charge in [-0.2, -0.15) is 0 Å². The Morgan fingerprint density at radius 1 is 1.39 bits per heavy atom. The molecule has 0 amide bonds. The van der Waals surface area contributed by atoms with E-state index in [4.69, 9.17) is 16.7 Å². The third kappa shape index (κ3) is 4.62. The average Bonchev–Trinajstić information content (AvgIpc) is 2.23. The lowest BCUT2D eigenvalue weighted by atomic mass is 10.2. The summed E-state index contributed by atoms with van der Waals surface area (Å²) in [5, 5.41) is 8.46. The highest BCUT2D eigenvalue weighted by Gasteiger charge is 2.17. The van der Waals surface area contributed by atoms with E-state index in [1.807, 2.05) is 0 Å². The van der Waals surface area contributed by atoms with Crippen molar-refractivity contribution < 1.29 is 22.7 Å². The molecule has 100 valence electrons. The van der Waals surface area contributed by atoms with Crippen LogP contribution < -0.4 is 0 Å². The minimum Gasteiger partial charge on any atom is -0.481 e. The van der Waals surface area contributed by atoms with E-state index in [2.05, 4.69) is 0 Å². The first-order valence-electron chi connectivity index (χ1n) is 5.17. The maximum Gasteiger partial charge on any atom is 0.303 e. The molecule has 1 aromatic rings. The summed E-state index contributed by atoms with van der Waals surface area (Å²) in [6.07, 6.45) is -0.228. The first kappa shape index (κ1) is 14.9. The quantitative estimate of drug-likeness (QED) is 0.873. The van der Waals surface area contributed by atoms with Crippen LogP contribution >= 0.6 is 11.6 Å². The van der Waals surface area contributed by atoms with Crippen LogP contribution in [0, 0.1) is 5.82 Å². The van der Waals surface area contributed by atoms with Crippen molar-refractivity contribution in [1.82, 2.24) is 0 Å². The number of rotatable bonds is 6. The van der Waals surface area contributed by atoms with E-state index in [0.717, 1.165) is 6.07 Å². The fraction of sp³-hybridized carbons (Fsp3) is 0.364. The normalized spacial score (nSPS) is 11.4. The molecule has 0 unspecified atom stereocenters. The molecule has 7 heteroatoms. The zero-order chi connectivity index (χ0) is 13.8. The Balaban J connectivity index is 2.74. The van der Waals surface area contributed by atoms with Gasteiger partial charge in [0.1, 0.15) is 5.82 Å². The Kier molecular flexibility index (Phi) is 5.10. The van der Waals surface area contributed by atoms with E-state index in [-0.39, 0.29) is 29.2 Å². The number of sulfone groups is 1. The zero-order valence-corrected chi connectivity index (χ0v) is 11.0. The number of carboxylic acids is 1. The Hall–Kier alpha value is -1.14. The molecular formula is C11H12ClFO4S. The van der Waals surface area contributed by atoms with Crippen molar-refractivity contribution in [3.8, 4) is 0 Å². The molecular weight excluding hydrogens is 283 g/mol. The molecule has 0 spiro atoms. The highest BCUT2D eigenvalue weighted by molar-refractivity contribution is 7.90. The lowest BCUT2D eigenvalue weighted by Crippen LogP contribution is -2.12. The van der Waals surface area contributed by atoms with Gasteiger partial charge in [-0.1, -0.05) is 17.7 Å². The summed E-state index contributed by atoms with van der Waals surface area (Å²) >= 11 is 5.72. The third-order valence-corrected chi connectivity index (χ3v) is 4.27. The standard InChI is InChI=1S/C11H12ClFO4S/c12-9-3-1-4-10(13)8(9)7-18(16,17)6-2-5-11(14)15/h1,3-4H,2,5-7H2,(H,14,15). The monoisotopic (exact) mass is 294 g/mol. The van der Waals surface area contributed by atoms with Crippen molar-refractivity contribution in [2.24, 2.45) is 0 Å². The van der Waals surface area contributed by atoms with Gasteiger partial charge < -0.3 is 5.11 Å². The molecule has 18 heavy (non-hydrogen) atoms. The fourth-order valence-corrected chi connectivity index (χ4v) is 3.18. The molecule has 0 aliphatic heterocycles. The van der Waals surface area contributed by atoms with Crippen LogP contribution in [0.1, 0.15) is 18.4 Å². The molecule has 0 bridgehead atoms. The van der Waals surface area contributed by atoms with Gasteiger partial charge in [0.2, 0.25) is 0 Å². The highest BCUT2D eigenvalue weighted by Crippen LogP contribution is 2.21. The van der Waals surface area contributed by atoms with Gasteiger partial charge in [-0.3, -0.25) is 4.79 Å². The van der Waals surface area contributed by atoms with Crippen LogP contribution in [0.4, 0.5) is 4.39 Å². The summed E-state index contributed by atoms with van der Waals surface area (Å²) in [5.41, 5.74) is -0.0745. The van der Waals surface area contributed by atoms with E-state index in [9.17, 15) is 17.6 Å². The predicted octanol–water partition coefficient (Wildman–Crippen LogP) is 2.26. The first-order valence-corrected chi connectivity index (χ1v) is 7.37. The van der Waals surface area contributed by atoms with Crippen LogP contribution in [-0.4, -0.2) is 25.2 Å². The van der Waals surface area contributed by atoms with Crippen molar-refractivity contribution in [2.45, 2.75) is 18.6 Å². The highest BCUT2D eigenvalue weighted by atomic mass is 35.5. The molecule has 0 heterocycles. The Morgan fingerprint density at radius 3 is 2.61 bits per heavy atom. The van der Waals surface area contributed by atoms with Crippen molar-refractivity contribution in [1.29, 1.82) is 0 Å². The molecule has 0 atom stereocenters. The van der Waals surface area contributed by atoms with Crippen LogP contribution in [-0.2, 0) is 20.4 Å². The second-order valence-electron chi connectivity index (χ2n) is 3.79. The number of hydrogen-bond acceptors (Lipinski definition) is 3. The summed E-state index contributed by atoms with van der Waals surface area (Å²) in [4.78, 5) is 10.3. The van der Waals surface area contributed by atoms with E-state index in [1.54, 1.807) is 0 Å². The number of hydrogen-bond donors (Lipinski definition) is 1. The summed E-state index contributed by atoms with van der Waals surface area (Å²) in [5.74, 6) is -2.55. The SMILES string of the molecule is O=C(O)CCCS(=O)(=O)Cc1c(F)cccc1Cl. The van der Waals surface area contributed by atoms with Crippen LogP contribution in [0.2, 0.25) is 5.02 Å². The lowest BCUT2D eigenvalue weighted by molar-refractivity contribution is -0.137. The number of carbonyl (C=O) groups is 1. The summed E-state index contributed by atoms with van der Waals surface area (Å²) < 4.78 is 36.7.